The molecule has 0 fully saturated rings. The van der Waals surface area contributed by atoms with Crippen LogP contribution in [0.15, 0.2) is 24.5 Å². The number of aromatic nitrogens is 2. The van der Waals surface area contributed by atoms with Crippen molar-refractivity contribution in [1.29, 1.82) is 0 Å². The van der Waals surface area contributed by atoms with E-state index in [0.29, 0.717) is 0 Å². The van der Waals surface area contributed by atoms with Crippen LogP contribution in [-0.2, 0) is 0 Å². The largest absolute Gasteiger partial charge is 0.477 e. The molecule has 0 radical (unpaired) electrons. The summed E-state index contributed by atoms with van der Waals surface area (Å²) < 4.78 is 0. The maximum Gasteiger partial charge on any atom is 0.352 e. The number of hydrogen-bond acceptors (Lipinski definition) is 2. The Morgan fingerprint density at radius 3 is 2.92 bits per heavy atom. The Morgan fingerprint density at radius 1 is 1.54 bits per heavy atom. The molecule has 68 valence electrons. The minimum atomic E-state index is -0.953. The summed E-state index contributed by atoms with van der Waals surface area (Å²) in [7, 11) is 0. The molecule has 0 saturated carbocycles. The van der Waals surface area contributed by atoms with Crippen LogP contribution < -0.4 is 0 Å². The Kier molecular flexibility index (Phi) is 2.53. The molecule has 2 N–H and O–H groups in total. The summed E-state index contributed by atoms with van der Waals surface area (Å²) in [6.07, 6.45) is 3.23. The summed E-state index contributed by atoms with van der Waals surface area (Å²) in [4.78, 5) is 17.1. The van der Waals surface area contributed by atoms with Gasteiger partial charge >= 0.3 is 5.97 Å². The van der Waals surface area contributed by atoms with Crippen molar-refractivity contribution in [2.45, 2.75) is 0 Å². The Morgan fingerprint density at radius 2 is 2.31 bits per heavy atom. The van der Waals surface area contributed by atoms with Gasteiger partial charge in [0.25, 0.3) is 0 Å². The van der Waals surface area contributed by atoms with E-state index in [1.807, 2.05) is 0 Å². The lowest BCUT2D eigenvalue weighted by Crippen LogP contribution is -1.94. The number of fused-ring (bicyclic) bond motifs is 1. The van der Waals surface area contributed by atoms with E-state index in [1.165, 1.54) is 0 Å². The van der Waals surface area contributed by atoms with Crippen LogP contribution in [0.4, 0.5) is 0 Å². The first-order chi connectivity index (χ1) is 5.77. The van der Waals surface area contributed by atoms with E-state index in [-0.39, 0.29) is 18.1 Å². The zero-order valence-electron chi connectivity index (χ0n) is 6.52. The van der Waals surface area contributed by atoms with Gasteiger partial charge in [-0.3, -0.25) is 4.98 Å². The standard InChI is InChI=1S/C8H6N2O2.ClH/c11-8(12)6-3-5-1-2-9-4-7(5)10-6;/h1-4,10H,(H,11,12);1H. The third-order valence-electron chi connectivity index (χ3n) is 1.65. The number of carbonyl (C=O) groups is 1. The molecule has 2 aromatic heterocycles. The maximum atomic E-state index is 10.5. The lowest BCUT2D eigenvalue weighted by atomic mass is 10.3. The zero-order chi connectivity index (χ0) is 8.55. The SMILES string of the molecule is Cl.O=C(O)c1cc2ccncc2[nH]1. The molecule has 0 bridgehead atoms. The Hall–Kier alpha value is -1.55. The van der Waals surface area contributed by atoms with Crippen LogP contribution in [-0.4, -0.2) is 21.0 Å². The average molecular weight is 199 g/mol. The Labute approximate surface area is 80.0 Å². The summed E-state index contributed by atoms with van der Waals surface area (Å²) in [6, 6.07) is 3.34. The highest BCUT2D eigenvalue weighted by Gasteiger charge is 2.05. The van der Waals surface area contributed by atoms with E-state index in [2.05, 4.69) is 9.97 Å². The highest BCUT2D eigenvalue weighted by molar-refractivity contribution is 5.93. The van der Waals surface area contributed by atoms with Crippen LogP contribution >= 0.6 is 12.4 Å². The van der Waals surface area contributed by atoms with E-state index < -0.39 is 5.97 Å². The number of carboxylic acid groups (broad SMARTS) is 1. The number of pyridine rings is 1. The molecule has 0 atom stereocenters. The van der Waals surface area contributed by atoms with Crippen LogP contribution in [0.3, 0.4) is 0 Å². The van der Waals surface area contributed by atoms with Crippen molar-refractivity contribution >= 4 is 29.3 Å². The lowest BCUT2D eigenvalue weighted by Gasteiger charge is -1.84. The molecular formula is C8H7ClN2O2. The molecule has 0 aliphatic heterocycles. The van der Waals surface area contributed by atoms with Gasteiger partial charge in [0.15, 0.2) is 0 Å². The summed E-state index contributed by atoms with van der Waals surface area (Å²) in [5.41, 5.74) is 0.938. The summed E-state index contributed by atoms with van der Waals surface area (Å²) in [5.74, 6) is -0.953. The number of carboxylic acids is 1. The van der Waals surface area contributed by atoms with Gasteiger partial charge in [-0.25, -0.2) is 4.79 Å². The number of aromatic amines is 1. The quantitative estimate of drug-likeness (QED) is 0.733. The van der Waals surface area contributed by atoms with Gasteiger partial charge in [0.2, 0.25) is 0 Å². The van der Waals surface area contributed by atoms with Crippen molar-refractivity contribution in [3.63, 3.8) is 0 Å². The molecule has 2 heterocycles. The topological polar surface area (TPSA) is 66.0 Å². The van der Waals surface area contributed by atoms with E-state index in [4.69, 9.17) is 5.11 Å². The summed E-state index contributed by atoms with van der Waals surface area (Å²) in [6.45, 7) is 0. The number of nitrogens with zero attached hydrogens (tertiary/aromatic N) is 1. The zero-order valence-corrected chi connectivity index (χ0v) is 7.34. The normalized spacial score (nSPS) is 9.54. The monoisotopic (exact) mass is 198 g/mol. The molecule has 5 heteroatoms. The maximum absolute atomic E-state index is 10.5. The number of nitrogens with one attached hydrogen (secondary N) is 1. The van der Waals surface area contributed by atoms with Gasteiger partial charge in [-0.15, -0.1) is 12.4 Å². The van der Waals surface area contributed by atoms with Gasteiger partial charge in [-0.1, -0.05) is 0 Å². The smallest absolute Gasteiger partial charge is 0.352 e. The van der Waals surface area contributed by atoms with Crippen LogP contribution in [0.1, 0.15) is 10.5 Å². The van der Waals surface area contributed by atoms with Gasteiger partial charge < -0.3 is 10.1 Å². The van der Waals surface area contributed by atoms with Crippen molar-refractivity contribution in [3.8, 4) is 0 Å². The molecule has 0 saturated heterocycles. The van der Waals surface area contributed by atoms with Crippen LogP contribution in [0, 0.1) is 0 Å². The first-order valence-corrected chi connectivity index (χ1v) is 3.43. The second-order valence-corrected chi connectivity index (χ2v) is 2.45. The fourth-order valence-corrected chi connectivity index (χ4v) is 1.09. The highest BCUT2D eigenvalue weighted by atomic mass is 35.5. The molecule has 0 spiro atoms. The van der Waals surface area contributed by atoms with Gasteiger partial charge in [0.05, 0.1) is 11.7 Å². The van der Waals surface area contributed by atoms with Crippen molar-refractivity contribution in [2.24, 2.45) is 0 Å². The molecule has 0 aromatic carbocycles. The van der Waals surface area contributed by atoms with E-state index in [1.54, 1.807) is 24.5 Å². The van der Waals surface area contributed by atoms with E-state index in [9.17, 15) is 4.79 Å². The first-order valence-electron chi connectivity index (χ1n) is 3.43. The second-order valence-electron chi connectivity index (χ2n) is 2.45. The van der Waals surface area contributed by atoms with Gasteiger partial charge in [0.1, 0.15) is 5.69 Å². The second kappa shape index (κ2) is 3.45. The van der Waals surface area contributed by atoms with Crippen LogP contribution in [0.25, 0.3) is 10.9 Å². The van der Waals surface area contributed by atoms with Gasteiger partial charge in [-0.2, -0.15) is 0 Å². The first kappa shape index (κ1) is 9.54. The van der Waals surface area contributed by atoms with Crippen molar-refractivity contribution in [3.05, 3.63) is 30.2 Å². The lowest BCUT2D eigenvalue weighted by molar-refractivity contribution is 0.0691. The molecule has 4 nitrogen and oxygen atoms in total. The Bertz CT molecular complexity index is 405. The molecule has 0 amide bonds. The number of rotatable bonds is 1. The van der Waals surface area contributed by atoms with Crippen molar-refractivity contribution < 1.29 is 9.90 Å². The van der Waals surface area contributed by atoms with E-state index >= 15 is 0 Å². The van der Waals surface area contributed by atoms with E-state index in [0.717, 1.165) is 10.9 Å². The third-order valence-corrected chi connectivity index (χ3v) is 1.65. The average Bonchev–Trinajstić information content (AvgIpc) is 2.46. The predicted octanol–water partition coefficient (Wildman–Crippen LogP) is 1.68. The molecule has 2 aromatic rings. The van der Waals surface area contributed by atoms with Crippen LogP contribution in [0.5, 0.6) is 0 Å². The predicted molar refractivity (Wildman–Crippen MR) is 50.3 cm³/mol. The molecular weight excluding hydrogens is 192 g/mol. The van der Waals surface area contributed by atoms with Gasteiger partial charge in [-0.05, 0) is 12.1 Å². The van der Waals surface area contributed by atoms with Crippen molar-refractivity contribution in [1.82, 2.24) is 9.97 Å². The number of H-pyrrole nitrogens is 1. The highest BCUT2D eigenvalue weighted by Crippen LogP contribution is 2.12. The molecule has 0 aliphatic carbocycles. The minimum Gasteiger partial charge on any atom is -0.477 e. The van der Waals surface area contributed by atoms with Crippen LogP contribution in [0.2, 0.25) is 0 Å². The van der Waals surface area contributed by atoms with Gasteiger partial charge in [0, 0.05) is 11.6 Å². The number of aromatic carboxylic acids is 1. The summed E-state index contributed by atoms with van der Waals surface area (Å²) in [5, 5.41) is 9.50. The molecule has 2 rings (SSSR count). The van der Waals surface area contributed by atoms with Crippen molar-refractivity contribution in [2.75, 3.05) is 0 Å². The third kappa shape index (κ3) is 1.62. The molecule has 0 unspecified atom stereocenters. The number of halogens is 1. The Balaban J connectivity index is 0.000000845. The fourth-order valence-electron chi connectivity index (χ4n) is 1.09. The minimum absolute atomic E-state index is 0. The fraction of sp³-hybridized carbons (Fsp3) is 0. The number of hydrogen-bond donors (Lipinski definition) is 2. The molecule has 0 aliphatic rings. The summed E-state index contributed by atoms with van der Waals surface area (Å²) >= 11 is 0. The molecule has 13 heavy (non-hydrogen) atoms.